The summed E-state index contributed by atoms with van der Waals surface area (Å²) in [6, 6.07) is 1.81. The van der Waals surface area contributed by atoms with Crippen molar-refractivity contribution in [3.05, 3.63) is 6.42 Å². The van der Waals surface area contributed by atoms with Crippen molar-refractivity contribution in [2.75, 3.05) is 7.05 Å². The van der Waals surface area contributed by atoms with Gasteiger partial charge in [0.15, 0.2) is 0 Å². The summed E-state index contributed by atoms with van der Waals surface area (Å²) in [6.07, 6.45) is 8.03. The van der Waals surface area contributed by atoms with Crippen molar-refractivity contribution in [3.63, 3.8) is 0 Å². The Morgan fingerprint density at radius 2 is 1.64 bits per heavy atom. The zero-order chi connectivity index (χ0) is 6.27. The van der Waals surface area contributed by atoms with Gasteiger partial charge in [-0.15, -0.1) is 0 Å². The van der Waals surface area contributed by atoms with Crippen LogP contribution in [0.1, 0.15) is 25.7 Å². The van der Waals surface area contributed by atoms with Gasteiger partial charge in [0.1, 0.15) is 0 Å². The van der Waals surface area contributed by atoms with E-state index < -0.39 is 0 Å². The van der Waals surface area contributed by atoms with Crippen molar-refractivity contribution in [1.29, 1.82) is 0 Å². The van der Waals surface area contributed by atoms with E-state index in [1.807, 2.05) is 0 Å². The van der Waals surface area contributed by atoms with E-state index in [0.29, 0.717) is 0 Å². The fourth-order valence-corrected chi connectivity index (χ4v) is 2.14. The van der Waals surface area contributed by atoms with Crippen LogP contribution in [0.5, 0.6) is 0 Å². The van der Waals surface area contributed by atoms with Gasteiger partial charge in [0.05, 0.1) is 0 Å². The average Bonchev–Trinajstić information content (AvgIpc) is 2.19. The summed E-state index contributed by atoms with van der Waals surface area (Å²) in [7, 11) is 2.27. The molecule has 1 nitrogen and oxygen atoms in total. The summed E-state index contributed by atoms with van der Waals surface area (Å²) in [5, 5.41) is 0. The Labute approximate surface area is 88.1 Å². The van der Waals surface area contributed by atoms with Crippen molar-refractivity contribution in [3.8, 4) is 0 Å². The van der Waals surface area contributed by atoms with Gasteiger partial charge in [0.25, 0.3) is 0 Å². The molecular weight excluding hydrogens is 211 g/mol. The van der Waals surface area contributed by atoms with Crippen molar-refractivity contribution >= 4 is 0 Å². The van der Waals surface area contributed by atoms with Gasteiger partial charge in [-0.25, -0.2) is 0 Å². The molecule has 0 aromatic carbocycles. The van der Waals surface area contributed by atoms with E-state index in [9.17, 15) is 0 Å². The van der Waals surface area contributed by atoms with Crippen LogP contribution in [-0.2, 0) is 19.5 Å². The van der Waals surface area contributed by atoms with Crippen LogP contribution < -0.4 is 12.4 Å². The van der Waals surface area contributed by atoms with Gasteiger partial charge in [-0.05, 0) is 39.2 Å². The van der Waals surface area contributed by atoms with Crippen LogP contribution in [0.2, 0.25) is 0 Å². The third-order valence-corrected chi connectivity index (χ3v) is 2.86. The first-order chi connectivity index (χ1) is 4.38. The number of halogens is 1. The standard InChI is InChI=1S/C8H14N.ClH.Zn/c1-9-7-3-2-4-8(9)6-5-7;;/h2,7-8H,3-6H2,1H3;1H;/p-1/t7-,8+;;. The van der Waals surface area contributed by atoms with E-state index in [0.717, 1.165) is 12.1 Å². The van der Waals surface area contributed by atoms with Gasteiger partial charge >= 0.3 is 0 Å². The van der Waals surface area contributed by atoms with Crippen LogP contribution in [0.25, 0.3) is 0 Å². The minimum absolute atomic E-state index is 0. The second-order valence-electron chi connectivity index (χ2n) is 3.31. The normalized spacial score (nSPS) is 35.7. The van der Waals surface area contributed by atoms with E-state index in [1.54, 1.807) is 0 Å². The molecule has 0 aliphatic carbocycles. The molecular formula is C8H14ClNZn-. The summed E-state index contributed by atoms with van der Waals surface area (Å²) in [4.78, 5) is 2.56. The number of rotatable bonds is 0. The summed E-state index contributed by atoms with van der Waals surface area (Å²) in [6.45, 7) is 0. The Balaban J connectivity index is 0.000000500. The first-order valence-electron chi connectivity index (χ1n) is 3.91. The molecule has 2 aliphatic heterocycles. The van der Waals surface area contributed by atoms with Crippen molar-refractivity contribution in [2.45, 2.75) is 37.8 Å². The molecule has 2 heterocycles. The van der Waals surface area contributed by atoms with Crippen LogP contribution in [-0.4, -0.2) is 24.0 Å². The first-order valence-corrected chi connectivity index (χ1v) is 3.91. The van der Waals surface area contributed by atoms with E-state index >= 15 is 0 Å². The average molecular weight is 225 g/mol. The van der Waals surface area contributed by atoms with E-state index in [1.165, 1.54) is 25.7 Å². The summed E-state index contributed by atoms with van der Waals surface area (Å²) in [5.74, 6) is 0. The second kappa shape index (κ2) is 4.79. The smallest absolute Gasteiger partial charge is 0.00984 e. The number of nitrogens with zero attached hydrogens (tertiary/aromatic N) is 1. The van der Waals surface area contributed by atoms with Crippen LogP contribution in [0.4, 0.5) is 0 Å². The molecule has 0 aromatic rings. The van der Waals surface area contributed by atoms with E-state index in [2.05, 4.69) is 18.4 Å². The topological polar surface area (TPSA) is 3.24 Å². The van der Waals surface area contributed by atoms with Gasteiger partial charge < -0.3 is 17.3 Å². The summed E-state index contributed by atoms with van der Waals surface area (Å²) < 4.78 is 0. The monoisotopic (exact) mass is 223 g/mol. The van der Waals surface area contributed by atoms with Gasteiger partial charge in [-0.1, -0.05) is 0 Å². The van der Waals surface area contributed by atoms with Gasteiger partial charge in [-0.2, -0.15) is 0 Å². The van der Waals surface area contributed by atoms with E-state index in [-0.39, 0.29) is 31.9 Å². The SMILES string of the molecule is CN1[C@@H]2C[CH]C[C@H]1CC2.[Cl-].[Zn]. The Kier molecular flexibility index (Phi) is 5.17. The molecule has 2 bridgehead atoms. The molecule has 3 heteroatoms. The molecule has 61 valence electrons. The Bertz CT molecular complexity index is 105. The molecule has 2 fully saturated rings. The molecule has 2 atom stereocenters. The number of fused-ring (bicyclic) bond motifs is 2. The van der Waals surface area contributed by atoms with Crippen LogP contribution in [0.15, 0.2) is 0 Å². The zero-order valence-corrected chi connectivity index (χ0v) is 10.8. The maximum atomic E-state index is 2.56. The van der Waals surface area contributed by atoms with Crippen molar-refractivity contribution in [2.24, 2.45) is 0 Å². The minimum Gasteiger partial charge on any atom is -1.00 e. The number of hydrogen-bond donors (Lipinski definition) is 0. The maximum absolute atomic E-state index is 2.56. The second-order valence-corrected chi connectivity index (χ2v) is 3.31. The van der Waals surface area contributed by atoms with Gasteiger partial charge in [0.2, 0.25) is 0 Å². The molecule has 2 saturated heterocycles. The van der Waals surface area contributed by atoms with Crippen LogP contribution in [0.3, 0.4) is 0 Å². The van der Waals surface area contributed by atoms with E-state index in [4.69, 9.17) is 0 Å². The predicted octanol–water partition coefficient (Wildman–Crippen LogP) is -1.55. The van der Waals surface area contributed by atoms with Gasteiger partial charge in [0, 0.05) is 31.6 Å². The molecule has 11 heavy (non-hydrogen) atoms. The molecule has 0 saturated carbocycles. The molecule has 0 unspecified atom stereocenters. The molecule has 0 N–H and O–H groups in total. The maximum Gasteiger partial charge on any atom is 0.00984 e. The number of piperidine rings is 1. The third kappa shape index (κ3) is 2.17. The summed E-state index contributed by atoms with van der Waals surface area (Å²) in [5.41, 5.74) is 0. The van der Waals surface area contributed by atoms with Gasteiger partial charge in [-0.3, -0.25) is 0 Å². The molecule has 0 spiro atoms. The molecule has 2 aliphatic rings. The first kappa shape index (κ1) is 11.9. The fourth-order valence-electron chi connectivity index (χ4n) is 2.14. The third-order valence-electron chi connectivity index (χ3n) is 2.86. The Morgan fingerprint density at radius 1 is 1.18 bits per heavy atom. The number of hydrogen-bond acceptors (Lipinski definition) is 1. The molecule has 0 aromatic heterocycles. The van der Waals surface area contributed by atoms with Crippen LogP contribution >= 0.6 is 0 Å². The Morgan fingerprint density at radius 3 is 2.00 bits per heavy atom. The van der Waals surface area contributed by atoms with Crippen LogP contribution in [0, 0.1) is 6.42 Å². The van der Waals surface area contributed by atoms with Crippen molar-refractivity contribution in [1.82, 2.24) is 4.90 Å². The quantitative estimate of drug-likeness (QED) is 0.451. The summed E-state index contributed by atoms with van der Waals surface area (Å²) >= 11 is 0. The fraction of sp³-hybridized carbons (Fsp3) is 0.875. The largest absolute Gasteiger partial charge is 1.00 e. The Hall–Kier alpha value is 0.873. The minimum atomic E-state index is 0. The molecule has 2 rings (SSSR count). The molecule has 0 amide bonds. The predicted molar refractivity (Wildman–Crippen MR) is 38.1 cm³/mol. The zero-order valence-electron chi connectivity index (χ0n) is 7.09. The van der Waals surface area contributed by atoms with Crippen molar-refractivity contribution < 1.29 is 31.9 Å². The molecule has 1 radical (unpaired) electrons.